The summed E-state index contributed by atoms with van der Waals surface area (Å²) in [7, 11) is 3.08. The molecule has 4 nitrogen and oxygen atoms in total. The molecule has 4 bridgehead atoms. The maximum absolute atomic E-state index is 11.7. The van der Waals surface area contributed by atoms with Crippen LogP contribution < -0.4 is 0 Å². The smallest absolute Gasteiger partial charge is 0.337 e. The zero-order valence-corrected chi connectivity index (χ0v) is 18.6. The molecule has 2 aromatic rings. The minimum absolute atomic E-state index is 0.0266. The van der Waals surface area contributed by atoms with E-state index in [0.717, 1.165) is 42.1 Å². The maximum Gasteiger partial charge on any atom is 0.337 e. The van der Waals surface area contributed by atoms with Crippen LogP contribution >= 0.6 is 11.6 Å². The van der Waals surface area contributed by atoms with Crippen LogP contribution in [0.2, 0.25) is 0 Å². The molecule has 0 amide bonds. The lowest BCUT2D eigenvalue weighted by molar-refractivity contribution is 0.0600. The van der Waals surface area contributed by atoms with Crippen LogP contribution in [0.4, 0.5) is 0 Å². The molecule has 4 aliphatic carbocycles. The van der Waals surface area contributed by atoms with E-state index in [1.807, 2.05) is 24.3 Å². The third-order valence-electron chi connectivity index (χ3n) is 7.34. The van der Waals surface area contributed by atoms with Gasteiger partial charge in [-0.15, -0.1) is 11.6 Å². The Morgan fingerprint density at radius 3 is 2.16 bits per heavy atom. The predicted octanol–water partition coefficient (Wildman–Crippen LogP) is 6.02. The molecule has 0 saturated heterocycles. The number of hydrogen-bond acceptors (Lipinski definition) is 4. The van der Waals surface area contributed by atoms with Gasteiger partial charge in [0.15, 0.2) is 0 Å². The fourth-order valence-corrected chi connectivity index (χ4v) is 6.88. The monoisotopic (exact) mass is 438 g/mol. The molecule has 2 aromatic carbocycles. The van der Waals surface area contributed by atoms with Gasteiger partial charge in [-0.2, -0.15) is 0 Å². The minimum Gasteiger partial charge on any atom is -0.507 e. The quantitative estimate of drug-likeness (QED) is 0.360. The van der Waals surface area contributed by atoms with Crippen molar-refractivity contribution in [3.8, 4) is 16.9 Å². The minimum atomic E-state index is -0.378. The van der Waals surface area contributed by atoms with Gasteiger partial charge in [0, 0.05) is 16.0 Å². The molecular formula is C26H27ClO4. The number of methoxy groups -OCH3 is 2. The second-order valence-electron chi connectivity index (χ2n) is 9.28. The fraction of sp³-hybridized carbons (Fsp3) is 0.423. The van der Waals surface area contributed by atoms with E-state index in [1.165, 1.54) is 25.5 Å². The van der Waals surface area contributed by atoms with Gasteiger partial charge in [-0.3, -0.25) is 0 Å². The number of rotatable bonds is 4. The third-order valence-corrected chi connectivity index (χ3v) is 7.80. The van der Waals surface area contributed by atoms with Gasteiger partial charge < -0.3 is 14.6 Å². The molecule has 2 atom stereocenters. The zero-order valence-electron chi connectivity index (χ0n) is 17.9. The molecule has 4 aliphatic rings. The van der Waals surface area contributed by atoms with Crippen LogP contribution in [0, 0.1) is 17.8 Å². The summed E-state index contributed by atoms with van der Waals surface area (Å²) in [4.78, 5) is 11.6. The Morgan fingerprint density at radius 1 is 0.968 bits per heavy atom. The van der Waals surface area contributed by atoms with E-state index < -0.39 is 0 Å². The summed E-state index contributed by atoms with van der Waals surface area (Å²) in [6.45, 7) is 0. The molecular weight excluding hydrogens is 412 g/mol. The molecule has 31 heavy (non-hydrogen) atoms. The molecule has 0 heterocycles. The highest BCUT2D eigenvalue weighted by Crippen LogP contribution is 2.61. The first-order valence-corrected chi connectivity index (χ1v) is 11.3. The number of carbonyl (C=O) groups is 1. The average Bonchev–Trinajstić information content (AvgIpc) is 2.74. The zero-order chi connectivity index (χ0) is 21.8. The molecule has 0 spiro atoms. The van der Waals surface area contributed by atoms with E-state index in [9.17, 15) is 9.90 Å². The van der Waals surface area contributed by atoms with E-state index in [0.29, 0.717) is 23.0 Å². The van der Waals surface area contributed by atoms with Crippen LogP contribution in [0.25, 0.3) is 16.9 Å². The van der Waals surface area contributed by atoms with Crippen molar-refractivity contribution < 1.29 is 19.4 Å². The van der Waals surface area contributed by atoms with Gasteiger partial charge in [0.25, 0.3) is 0 Å². The van der Waals surface area contributed by atoms with Crippen LogP contribution in [0.15, 0.2) is 48.0 Å². The Labute approximate surface area is 187 Å². The van der Waals surface area contributed by atoms with Crippen molar-refractivity contribution in [2.24, 2.45) is 17.8 Å². The summed E-state index contributed by atoms with van der Waals surface area (Å²) in [5.41, 5.74) is 4.32. The van der Waals surface area contributed by atoms with E-state index in [1.54, 1.807) is 25.3 Å². The first kappa shape index (κ1) is 20.4. The van der Waals surface area contributed by atoms with E-state index >= 15 is 0 Å². The SMILES string of the molecule is COC(=O)c1ccc(-c2ccc(C(OC)=C3C4CC5CC3CC(Cl)(C5)C4)cc2O)cc1. The lowest BCUT2D eigenvalue weighted by atomic mass is 9.53. The summed E-state index contributed by atoms with van der Waals surface area (Å²) in [5.74, 6) is 2.41. The maximum atomic E-state index is 11.7. The summed E-state index contributed by atoms with van der Waals surface area (Å²) >= 11 is 6.91. The highest BCUT2D eigenvalue weighted by atomic mass is 35.5. The number of allylic oxidation sites excluding steroid dienone is 1. The van der Waals surface area contributed by atoms with Gasteiger partial charge in [-0.1, -0.05) is 18.2 Å². The molecule has 4 saturated carbocycles. The Bertz CT molecular complexity index is 1040. The van der Waals surface area contributed by atoms with Gasteiger partial charge >= 0.3 is 5.97 Å². The van der Waals surface area contributed by atoms with Gasteiger partial charge in [0.2, 0.25) is 0 Å². The summed E-state index contributed by atoms with van der Waals surface area (Å²) < 4.78 is 10.7. The van der Waals surface area contributed by atoms with Gasteiger partial charge in [-0.25, -0.2) is 4.79 Å². The number of aromatic hydroxyl groups is 1. The Hall–Kier alpha value is -2.46. The van der Waals surface area contributed by atoms with E-state index in [2.05, 4.69) is 0 Å². The molecule has 2 unspecified atom stereocenters. The number of hydrogen-bond donors (Lipinski definition) is 1. The lowest BCUT2D eigenvalue weighted by Gasteiger charge is -2.55. The van der Waals surface area contributed by atoms with Crippen molar-refractivity contribution in [1.29, 1.82) is 0 Å². The van der Waals surface area contributed by atoms with Crippen LogP contribution in [0.1, 0.15) is 48.0 Å². The van der Waals surface area contributed by atoms with Gasteiger partial charge in [-0.05, 0) is 85.3 Å². The van der Waals surface area contributed by atoms with Crippen molar-refractivity contribution in [3.05, 3.63) is 59.2 Å². The Kier molecular flexibility index (Phi) is 5.01. The molecule has 162 valence electrons. The van der Waals surface area contributed by atoms with Crippen LogP contribution in [0.5, 0.6) is 5.75 Å². The average molecular weight is 439 g/mol. The molecule has 0 aliphatic heterocycles. The van der Waals surface area contributed by atoms with Crippen molar-refractivity contribution in [1.82, 2.24) is 0 Å². The lowest BCUT2D eigenvalue weighted by Crippen LogP contribution is -2.48. The number of ether oxygens (including phenoxy) is 2. The topological polar surface area (TPSA) is 55.8 Å². The van der Waals surface area contributed by atoms with Gasteiger partial charge in [0.05, 0.1) is 19.8 Å². The highest BCUT2D eigenvalue weighted by Gasteiger charge is 2.53. The Morgan fingerprint density at radius 2 is 1.61 bits per heavy atom. The van der Waals surface area contributed by atoms with Crippen LogP contribution in [0.3, 0.4) is 0 Å². The number of alkyl halides is 1. The normalized spacial score (nSPS) is 28.5. The summed E-state index contributed by atoms with van der Waals surface area (Å²) in [6, 6.07) is 12.7. The largest absolute Gasteiger partial charge is 0.507 e. The number of phenols is 1. The second-order valence-corrected chi connectivity index (χ2v) is 10.1. The van der Waals surface area contributed by atoms with Gasteiger partial charge in [0.1, 0.15) is 11.5 Å². The number of esters is 1. The third kappa shape index (κ3) is 3.51. The molecule has 0 radical (unpaired) electrons. The number of benzene rings is 2. The molecule has 6 rings (SSSR count). The number of phenolic OH excluding ortho intramolecular Hbond substituents is 1. The standard InChI is InChI=1S/C26H27ClO4/c1-30-24(23-19-9-15-10-20(23)14-26(27,12-15)13-19)18-7-8-21(22(28)11-18)16-3-5-17(6-4-16)25(29)31-2/h3-8,11,15,19-20,28H,9-10,12-14H2,1-2H3. The molecule has 1 N–H and O–H groups in total. The second kappa shape index (κ2) is 7.59. The van der Waals surface area contributed by atoms with E-state index in [4.69, 9.17) is 21.1 Å². The summed E-state index contributed by atoms with van der Waals surface area (Å²) in [6.07, 6.45) is 5.61. The first-order chi connectivity index (χ1) is 14.9. The highest BCUT2D eigenvalue weighted by molar-refractivity contribution is 6.24. The summed E-state index contributed by atoms with van der Waals surface area (Å²) in [5, 5.41) is 10.8. The predicted molar refractivity (Wildman–Crippen MR) is 121 cm³/mol. The van der Waals surface area contributed by atoms with Crippen molar-refractivity contribution in [2.45, 2.75) is 37.0 Å². The number of halogens is 1. The molecule has 5 heteroatoms. The van der Waals surface area contributed by atoms with E-state index in [-0.39, 0.29) is 16.6 Å². The Balaban J connectivity index is 1.48. The van der Waals surface area contributed by atoms with Crippen molar-refractivity contribution >= 4 is 23.3 Å². The number of carbonyl (C=O) groups excluding carboxylic acids is 1. The van der Waals surface area contributed by atoms with Crippen LogP contribution in [-0.2, 0) is 9.47 Å². The first-order valence-electron chi connectivity index (χ1n) is 10.9. The fourth-order valence-electron chi connectivity index (χ4n) is 6.29. The van der Waals surface area contributed by atoms with Crippen molar-refractivity contribution in [3.63, 3.8) is 0 Å². The van der Waals surface area contributed by atoms with Crippen molar-refractivity contribution in [2.75, 3.05) is 14.2 Å². The molecule has 0 aromatic heterocycles. The van der Waals surface area contributed by atoms with Crippen LogP contribution in [-0.4, -0.2) is 30.2 Å². The molecule has 4 fully saturated rings.